The van der Waals surface area contributed by atoms with Gasteiger partial charge < -0.3 is 10.1 Å². The number of piperidine rings is 1. The average Bonchev–Trinajstić information content (AvgIpc) is 2.89. The van der Waals surface area contributed by atoms with E-state index >= 15 is 0 Å². The minimum Gasteiger partial charge on any atom is -0.438 e. The van der Waals surface area contributed by atoms with Crippen molar-refractivity contribution in [3.05, 3.63) is 42.1 Å². The molecule has 1 saturated heterocycles. The molecular formula is C14H17N3O. The summed E-state index contributed by atoms with van der Waals surface area (Å²) in [5, 5.41) is 10.7. The topological polar surface area (TPSA) is 49.9 Å². The van der Waals surface area contributed by atoms with Gasteiger partial charge in [0.25, 0.3) is 0 Å². The molecule has 1 atom stereocenters. The number of hydrogen-bond acceptors (Lipinski definition) is 3. The molecule has 1 aliphatic heterocycles. The first kappa shape index (κ1) is 11.3. The lowest BCUT2D eigenvalue weighted by atomic mass is 9.96. The van der Waals surface area contributed by atoms with Crippen LogP contribution in [0.1, 0.15) is 24.5 Å². The monoisotopic (exact) mass is 243 g/mol. The molecule has 18 heavy (non-hydrogen) atoms. The molecule has 4 heteroatoms. The van der Waals surface area contributed by atoms with Gasteiger partial charge in [-0.2, -0.15) is 0 Å². The van der Waals surface area contributed by atoms with Gasteiger partial charge in [0.2, 0.25) is 5.88 Å². The van der Waals surface area contributed by atoms with E-state index in [9.17, 15) is 0 Å². The van der Waals surface area contributed by atoms with Gasteiger partial charge in [-0.25, -0.2) is 0 Å². The van der Waals surface area contributed by atoms with Gasteiger partial charge >= 0.3 is 0 Å². The van der Waals surface area contributed by atoms with Gasteiger partial charge in [-0.3, -0.25) is 5.10 Å². The fraction of sp³-hybridized carbons (Fsp3) is 0.357. The second kappa shape index (κ2) is 5.23. The number of aromatic amines is 1. The maximum absolute atomic E-state index is 5.69. The molecule has 0 bridgehead atoms. The Hall–Kier alpha value is -1.81. The molecule has 0 amide bonds. The first-order valence-corrected chi connectivity index (χ1v) is 6.41. The minimum absolute atomic E-state index is 0.527. The van der Waals surface area contributed by atoms with Crippen LogP contribution in [0.15, 0.2) is 36.4 Å². The Balaban J connectivity index is 1.69. The number of nitrogens with one attached hydrogen (secondary N) is 2. The van der Waals surface area contributed by atoms with Crippen LogP contribution in [0.5, 0.6) is 11.6 Å². The highest BCUT2D eigenvalue weighted by molar-refractivity contribution is 5.28. The van der Waals surface area contributed by atoms with Crippen LogP contribution in [-0.4, -0.2) is 23.3 Å². The molecule has 1 aromatic heterocycles. The van der Waals surface area contributed by atoms with Crippen molar-refractivity contribution in [2.24, 2.45) is 0 Å². The molecule has 1 aliphatic rings. The van der Waals surface area contributed by atoms with Gasteiger partial charge in [0.1, 0.15) is 5.75 Å². The van der Waals surface area contributed by atoms with Crippen molar-refractivity contribution >= 4 is 0 Å². The van der Waals surface area contributed by atoms with Gasteiger partial charge in [-0.1, -0.05) is 18.2 Å². The van der Waals surface area contributed by atoms with E-state index in [-0.39, 0.29) is 0 Å². The van der Waals surface area contributed by atoms with Crippen molar-refractivity contribution in [1.29, 1.82) is 0 Å². The zero-order valence-electron chi connectivity index (χ0n) is 10.2. The van der Waals surface area contributed by atoms with Crippen molar-refractivity contribution in [3.8, 4) is 11.6 Å². The lowest BCUT2D eigenvalue weighted by Crippen LogP contribution is -2.28. The summed E-state index contributed by atoms with van der Waals surface area (Å²) in [6.45, 7) is 2.14. The van der Waals surface area contributed by atoms with Gasteiger partial charge in [0.05, 0.1) is 0 Å². The molecule has 1 aromatic carbocycles. The zero-order chi connectivity index (χ0) is 12.2. The molecule has 0 radical (unpaired) electrons. The number of ether oxygens (including phenoxy) is 1. The van der Waals surface area contributed by atoms with E-state index < -0.39 is 0 Å². The molecule has 2 heterocycles. The second-order valence-corrected chi connectivity index (χ2v) is 4.62. The Kier molecular flexibility index (Phi) is 3.28. The normalized spacial score (nSPS) is 19.7. The van der Waals surface area contributed by atoms with E-state index in [1.54, 1.807) is 0 Å². The summed E-state index contributed by atoms with van der Waals surface area (Å²) in [6, 6.07) is 11.7. The van der Waals surface area contributed by atoms with Gasteiger partial charge in [-0.05, 0) is 31.5 Å². The number of aromatic nitrogens is 2. The fourth-order valence-electron chi connectivity index (χ4n) is 2.31. The quantitative estimate of drug-likeness (QED) is 0.871. The number of hydrogen-bond donors (Lipinski definition) is 2. The molecule has 1 fully saturated rings. The Bertz CT molecular complexity index is 489. The standard InChI is InChI=1S/C14H17N3O/c1-2-6-12(7-3-1)18-14-9-13(16-17-14)11-5-4-8-15-10-11/h1-3,6-7,9,11,15H,4-5,8,10H2,(H,16,17)/t11-/m0/s1. The Labute approximate surface area is 106 Å². The van der Waals surface area contributed by atoms with Crippen LogP contribution in [0.2, 0.25) is 0 Å². The summed E-state index contributed by atoms with van der Waals surface area (Å²) in [7, 11) is 0. The lowest BCUT2D eigenvalue weighted by molar-refractivity contribution is 0.454. The lowest BCUT2D eigenvalue weighted by Gasteiger charge is -2.20. The molecule has 0 saturated carbocycles. The van der Waals surface area contributed by atoms with Gasteiger partial charge in [0.15, 0.2) is 0 Å². The Morgan fingerprint density at radius 2 is 2.11 bits per heavy atom. The van der Waals surface area contributed by atoms with E-state index in [4.69, 9.17) is 4.74 Å². The third-order valence-corrected chi connectivity index (χ3v) is 3.28. The van der Waals surface area contributed by atoms with E-state index in [1.165, 1.54) is 12.8 Å². The van der Waals surface area contributed by atoms with Gasteiger partial charge in [0, 0.05) is 24.2 Å². The van der Waals surface area contributed by atoms with Crippen molar-refractivity contribution in [1.82, 2.24) is 15.5 Å². The molecule has 94 valence electrons. The van der Waals surface area contributed by atoms with E-state index in [2.05, 4.69) is 15.5 Å². The van der Waals surface area contributed by atoms with Crippen LogP contribution in [0.4, 0.5) is 0 Å². The average molecular weight is 243 g/mol. The molecule has 0 unspecified atom stereocenters. The van der Waals surface area contributed by atoms with E-state index in [0.717, 1.165) is 24.5 Å². The highest BCUT2D eigenvalue weighted by Gasteiger charge is 2.17. The van der Waals surface area contributed by atoms with Crippen LogP contribution < -0.4 is 10.1 Å². The highest BCUT2D eigenvalue weighted by atomic mass is 16.5. The maximum atomic E-state index is 5.69. The highest BCUT2D eigenvalue weighted by Crippen LogP contribution is 2.26. The molecular weight excluding hydrogens is 226 g/mol. The summed E-state index contributed by atoms with van der Waals surface area (Å²) in [4.78, 5) is 0. The summed E-state index contributed by atoms with van der Waals surface area (Å²) in [6.07, 6.45) is 2.43. The third kappa shape index (κ3) is 2.54. The number of benzene rings is 1. The zero-order valence-corrected chi connectivity index (χ0v) is 10.2. The van der Waals surface area contributed by atoms with Crippen LogP contribution in [-0.2, 0) is 0 Å². The number of para-hydroxylation sites is 1. The van der Waals surface area contributed by atoms with Crippen LogP contribution >= 0.6 is 0 Å². The maximum Gasteiger partial charge on any atom is 0.238 e. The fourth-order valence-corrected chi connectivity index (χ4v) is 2.31. The van der Waals surface area contributed by atoms with Crippen LogP contribution in [0.25, 0.3) is 0 Å². The van der Waals surface area contributed by atoms with Gasteiger partial charge in [-0.15, -0.1) is 5.10 Å². The van der Waals surface area contributed by atoms with Crippen molar-refractivity contribution < 1.29 is 4.74 Å². The van der Waals surface area contributed by atoms with Crippen molar-refractivity contribution in [2.75, 3.05) is 13.1 Å². The van der Waals surface area contributed by atoms with E-state index in [0.29, 0.717) is 11.8 Å². The summed E-state index contributed by atoms with van der Waals surface area (Å²) in [5.41, 5.74) is 1.16. The number of H-pyrrole nitrogens is 1. The number of nitrogens with zero attached hydrogens (tertiary/aromatic N) is 1. The predicted molar refractivity (Wildman–Crippen MR) is 69.9 cm³/mol. The second-order valence-electron chi connectivity index (χ2n) is 4.62. The summed E-state index contributed by atoms with van der Waals surface area (Å²) >= 11 is 0. The molecule has 2 N–H and O–H groups in total. The molecule has 0 spiro atoms. The van der Waals surface area contributed by atoms with E-state index in [1.807, 2.05) is 36.4 Å². The Morgan fingerprint density at radius 1 is 1.22 bits per heavy atom. The first-order chi connectivity index (χ1) is 8.92. The SMILES string of the molecule is c1ccc(Oc2cc([C@H]3CCCNC3)[nH]n2)cc1. The van der Waals surface area contributed by atoms with Crippen LogP contribution in [0, 0.1) is 0 Å². The molecule has 3 rings (SSSR count). The van der Waals surface area contributed by atoms with Crippen molar-refractivity contribution in [2.45, 2.75) is 18.8 Å². The summed E-state index contributed by atoms with van der Waals surface area (Å²) in [5.74, 6) is 1.98. The molecule has 2 aromatic rings. The van der Waals surface area contributed by atoms with Crippen LogP contribution in [0.3, 0.4) is 0 Å². The third-order valence-electron chi connectivity index (χ3n) is 3.28. The predicted octanol–water partition coefficient (Wildman–Crippen LogP) is 2.67. The molecule has 0 aliphatic carbocycles. The summed E-state index contributed by atoms with van der Waals surface area (Å²) < 4.78 is 5.69. The number of rotatable bonds is 3. The minimum atomic E-state index is 0.527. The van der Waals surface area contributed by atoms with Crippen molar-refractivity contribution in [3.63, 3.8) is 0 Å². The first-order valence-electron chi connectivity index (χ1n) is 6.41. The molecule has 4 nitrogen and oxygen atoms in total. The Morgan fingerprint density at radius 3 is 2.89 bits per heavy atom. The smallest absolute Gasteiger partial charge is 0.238 e. The largest absolute Gasteiger partial charge is 0.438 e.